The van der Waals surface area contributed by atoms with E-state index in [-0.39, 0.29) is 22.0 Å². The minimum absolute atomic E-state index is 0.0576. The van der Waals surface area contributed by atoms with Gasteiger partial charge in [0.15, 0.2) is 6.61 Å². The van der Waals surface area contributed by atoms with Crippen molar-refractivity contribution < 1.29 is 27.5 Å². The lowest BCUT2D eigenvalue weighted by Gasteiger charge is -2.20. The molecule has 0 fully saturated rings. The summed E-state index contributed by atoms with van der Waals surface area (Å²) < 4.78 is 40.5. The number of Topliss-reactive ketones (excluding diaryl/α,β-unsaturated/α-hetero) is 1. The molecule has 3 aromatic rings. The van der Waals surface area contributed by atoms with Crippen molar-refractivity contribution in [3.8, 4) is 5.75 Å². The van der Waals surface area contributed by atoms with Crippen LogP contribution in [0.4, 0.5) is 5.69 Å². The zero-order valence-corrected chi connectivity index (χ0v) is 20.3. The molecule has 1 aliphatic rings. The van der Waals surface area contributed by atoms with Crippen LogP contribution in [0.2, 0.25) is 0 Å². The molecule has 0 N–H and O–H groups in total. The largest absolute Gasteiger partial charge is 0.496 e. The summed E-state index contributed by atoms with van der Waals surface area (Å²) in [5.74, 6) is -1.02. The Hall–Kier alpha value is -3.59. The molecule has 1 aromatic heterocycles. The van der Waals surface area contributed by atoms with Gasteiger partial charge in [0.1, 0.15) is 11.3 Å². The maximum atomic E-state index is 13.4. The minimum atomic E-state index is -3.91. The van der Waals surface area contributed by atoms with E-state index in [1.165, 1.54) is 29.6 Å². The fourth-order valence-electron chi connectivity index (χ4n) is 4.12. The Morgan fingerprint density at radius 1 is 1.03 bits per heavy atom. The van der Waals surface area contributed by atoms with E-state index in [1.807, 2.05) is 37.6 Å². The average Bonchev–Trinajstić information content (AvgIpc) is 3.39. The Labute approximate surface area is 198 Å². The number of methoxy groups -OCH3 is 1. The molecule has 0 amide bonds. The molecule has 1 aliphatic heterocycles. The van der Waals surface area contributed by atoms with Gasteiger partial charge in [-0.3, -0.25) is 9.10 Å². The molecule has 2 aromatic carbocycles. The Balaban J connectivity index is 1.58. The summed E-state index contributed by atoms with van der Waals surface area (Å²) in [5, 5.41) is 0. The number of hydrogen-bond donors (Lipinski definition) is 0. The number of fused-ring (bicyclic) bond motifs is 1. The van der Waals surface area contributed by atoms with Crippen molar-refractivity contribution in [3.05, 3.63) is 76.6 Å². The molecular weight excluding hydrogens is 456 g/mol. The normalized spacial score (nSPS) is 13.0. The molecule has 0 atom stereocenters. The third-order valence-electron chi connectivity index (χ3n) is 6.23. The number of carbonyl (C=O) groups excluding carboxylic acids is 2. The molecule has 0 spiro atoms. The van der Waals surface area contributed by atoms with Crippen LogP contribution in [0.1, 0.15) is 37.7 Å². The molecule has 34 heavy (non-hydrogen) atoms. The predicted octanol–water partition coefficient (Wildman–Crippen LogP) is 3.44. The second kappa shape index (κ2) is 8.98. The van der Waals surface area contributed by atoms with Gasteiger partial charge in [0, 0.05) is 30.5 Å². The first kappa shape index (κ1) is 23.6. The molecule has 8 nitrogen and oxygen atoms in total. The van der Waals surface area contributed by atoms with Gasteiger partial charge in [-0.2, -0.15) is 0 Å². The van der Waals surface area contributed by atoms with E-state index in [0.29, 0.717) is 24.2 Å². The van der Waals surface area contributed by atoms with Gasteiger partial charge in [0.05, 0.1) is 17.7 Å². The number of ether oxygens (including phenoxy) is 2. The molecule has 2 heterocycles. The second-order valence-electron chi connectivity index (χ2n) is 8.16. The number of esters is 1. The van der Waals surface area contributed by atoms with Crippen molar-refractivity contribution in [2.75, 3.05) is 24.6 Å². The number of sulfonamides is 1. The first-order valence-electron chi connectivity index (χ1n) is 10.8. The van der Waals surface area contributed by atoms with Gasteiger partial charge < -0.3 is 14.0 Å². The summed E-state index contributed by atoms with van der Waals surface area (Å²) >= 11 is 0. The summed E-state index contributed by atoms with van der Waals surface area (Å²) in [7, 11) is -0.691. The highest BCUT2D eigenvalue weighted by Crippen LogP contribution is 2.34. The van der Waals surface area contributed by atoms with Crippen molar-refractivity contribution >= 4 is 27.5 Å². The van der Waals surface area contributed by atoms with Gasteiger partial charge >= 0.3 is 5.97 Å². The summed E-state index contributed by atoms with van der Waals surface area (Å²) in [5.41, 5.74) is 3.67. The Kier molecular flexibility index (Phi) is 6.22. The zero-order chi connectivity index (χ0) is 24.6. The van der Waals surface area contributed by atoms with Crippen LogP contribution in [0.3, 0.4) is 0 Å². The quantitative estimate of drug-likeness (QED) is 0.378. The number of hydrogen-bond acceptors (Lipinski definition) is 6. The van der Waals surface area contributed by atoms with E-state index in [1.54, 1.807) is 18.2 Å². The van der Waals surface area contributed by atoms with E-state index >= 15 is 0 Å². The van der Waals surface area contributed by atoms with E-state index in [2.05, 4.69) is 0 Å². The highest BCUT2D eigenvalue weighted by atomic mass is 32.2. The molecule has 0 bridgehead atoms. The Morgan fingerprint density at radius 2 is 1.76 bits per heavy atom. The first-order valence-corrected chi connectivity index (χ1v) is 12.2. The van der Waals surface area contributed by atoms with Crippen molar-refractivity contribution in [3.63, 3.8) is 0 Å². The standard InChI is InChI=1S/C25H26N2O6S/c1-16-13-20(17(2)26(16)3)23(28)15-33-25(29)21-14-19(9-10-24(21)32-4)34(30,31)27-12-11-18-7-5-6-8-22(18)27/h5-10,13-14H,11-12,15H2,1-4H3. The third-order valence-corrected chi connectivity index (χ3v) is 8.04. The molecule has 0 saturated carbocycles. The maximum Gasteiger partial charge on any atom is 0.342 e. The van der Waals surface area contributed by atoms with Crippen molar-refractivity contribution in [1.29, 1.82) is 0 Å². The SMILES string of the molecule is COc1ccc(S(=O)(=O)N2CCc3ccccc32)cc1C(=O)OCC(=O)c1cc(C)n(C)c1C. The second-order valence-corrected chi connectivity index (χ2v) is 10.0. The van der Waals surface area contributed by atoms with Gasteiger partial charge in [0.25, 0.3) is 10.0 Å². The first-order chi connectivity index (χ1) is 16.1. The van der Waals surface area contributed by atoms with Crippen molar-refractivity contribution in [1.82, 2.24) is 4.57 Å². The topological polar surface area (TPSA) is 94.9 Å². The predicted molar refractivity (Wildman–Crippen MR) is 127 cm³/mol. The van der Waals surface area contributed by atoms with E-state index in [4.69, 9.17) is 9.47 Å². The molecule has 9 heteroatoms. The zero-order valence-electron chi connectivity index (χ0n) is 19.5. The number of rotatable bonds is 7. The summed E-state index contributed by atoms with van der Waals surface area (Å²) in [6.45, 7) is 3.54. The Morgan fingerprint density at radius 3 is 2.44 bits per heavy atom. The monoisotopic (exact) mass is 482 g/mol. The number of aryl methyl sites for hydroxylation is 1. The van der Waals surface area contributed by atoms with Gasteiger partial charge in [0.2, 0.25) is 5.78 Å². The van der Waals surface area contributed by atoms with E-state index in [9.17, 15) is 18.0 Å². The van der Waals surface area contributed by atoms with Crippen LogP contribution in [0.15, 0.2) is 53.4 Å². The molecule has 0 saturated heterocycles. The summed E-state index contributed by atoms with van der Waals surface area (Å²) in [6.07, 6.45) is 0.612. The number of nitrogens with zero attached hydrogens (tertiary/aromatic N) is 2. The molecule has 0 unspecified atom stereocenters. The lowest BCUT2D eigenvalue weighted by Crippen LogP contribution is -2.29. The number of anilines is 1. The van der Waals surface area contributed by atoms with Gasteiger partial charge in [-0.15, -0.1) is 0 Å². The highest BCUT2D eigenvalue weighted by Gasteiger charge is 2.32. The molecule has 0 radical (unpaired) electrons. The summed E-state index contributed by atoms with van der Waals surface area (Å²) in [4.78, 5) is 25.4. The lowest BCUT2D eigenvalue weighted by atomic mass is 10.1. The van der Waals surface area contributed by atoms with Gasteiger partial charge in [-0.05, 0) is 56.2 Å². The van der Waals surface area contributed by atoms with Crippen LogP contribution >= 0.6 is 0 Å². The average molecular weight is 483 g/mol. The van der Waals surface area contributed by atoms with Gasteiger partial charge in [-0.25, -0.2) is 13.2 Å². The number of benzene rings is 2. The lowest BCUT2D eigenvalue weighted by molar-refractivity contribution is 0.0471. The van der Waals surface area contributed by atoms with Crippen LogP contribution in [0.5, 0.6) is 5.75 Å². The highest BCUT2D eigenvalue weighted by molar-refractivity contribution is 7.92. The van der Waals surface area contributed by atoms with Crippen molar-refractivity contribution in [2.45, 2.75) is 25.2 Å². The fourth-order valence-corrected chi connectivity index (χ4v) is 5.65. The third kappa shape index (κ3) is 4.07. The minimum Gasteiger partial charge on any atom is -0.496 e. The van der Waals surface area contributed by atoms with Gasteiger partial charge in [-0.1, -0.05) is 18.2 Å². The fraction of sp³-hybridized carbons (Fsp3) is 0.280. The van der Waals surface area contributed by atoms with Crippen LogP contribution < -0.4 is 9.04 Å². The van der Waals surface area contributed by atoms with Crippen molar-refractivity contribution in [2.24, 2.45) is 7.05 Å². The number of ketones is 1. The molecule has 4 rings (SSSR count). The van der Waals surface area contributed by atoms with Crippen LogP contribution in [0.25, 0.3) is 0 Å². The Bertz CT molecular complexity index is 1390. The molecule has 0 aliphatic carbocycles. The van der Waals surface area contributed by atoms with E-state index < -0.39 is 22.6 Å². The number of carbonyl (C=O) groups is 2. The number of para-hydroxylation sites is 1. The van der Waals surface area contributed by atoms with Crippen LogP contribution in [0, 0.1) is 13.8 Å². The molecular formula is C25H26N2O6S. The van der Waals surface area contributed by atoms with Crippen LogP contribution in [-0.4, -0.2) is 45.0 Å². The number of aromatic nitrogens is 1. The smallest absolute Gasteiger partial charge is 0.342 e. The maximum absolute atomic E-state index is 13.4. The van der Waals surface area contributed by atoms with E-state index in [0.717, 1.165) is 17.0 Å². The molecule has 178 valence electrons. The van der Waals surface area contributed by atoms with Crippen LogP contribution in [-0.2, 0) is 28.2 Å². The summed E-state index contributed by atoms with van der Waals surface area (Å²) in [6, 6.07) is 13.1.